The summed E-state index contributed by atoms with van der Waals surface area (Å²) >= 11 is 0. The van der Waals surface area contributed by atoms with Crippen molar-refractivity contribution in [3.05, 3.63) is 0 Å². The van der Waals surface area contributed by atoms with Crippen molar-refractivity contribution in [2.75, 3.05) is 0 Å². The molecule has 4 aliphatic carbocycles. The summed E-state index contributed by atoms with van der Waals surface area (Å²) in [5, 5.41) is 3.42. The Morgan fingerprint density at radius 1 is 0.917 bits per heavy atom. The Bertz CT molecular complexity index is 500. The molecule has 2 aliphatic heterocycles. The topological polar surface area (TPSA) is 66.0 Å². The third-order valence-corrected chi connectivity index (χ3v) is 7.11. The van der Waals surface area contributed by atoms with Crippen LogP contribution < -0.4 is 5.32 Å². The van der Waals surface area contributed by atoms with Gasteiger partial charge in [-0.25, -0.2) is 0 Å². The average Bonchev–Trinajstić information content (AvgIpc) is 2.88. The maximum absolute atomic E-state index is 12.7. The van der Waals surface area contributed by atoms with Crippen molar-refractivity contribution >= 4 is 5.91 Å². The Balaban J connectivity index is 1.21. The molecular weight excluding hydrogens is 310 g/mol. The van der Waals surface area contributed by atoms with Gasteiger partial charge in [0.1, 0.15) is 0 Å². The molecule has 6 rings (SSSR count). The quantitative estimate of drug-likeness (QED) is 0.799. The first-order chi connectivity index (χ1) is 11.4. The molecule has 6 nitrogen and oxygen atoms in total. The van der Waals surface area contributed by atoms with E-state index in [0.717, 1.165) is 17.8 Å². The van der Waals surface area contributed by atoms with Gasteiger partial charge in [-0.15, -0.1) is 0 Å². The molecule has 134 valence electrons. The first kappa shape index (κ1) is 15.6. The number of hydrogen-bond acceptors (Lipinski definition) is 5. The zero-order valence-corrected chi connectivity index (χ0v) is 14.5. The minimum absolute atomic E-state index is 0.0777. The lowest BCUT2D eigenvalue weighted by Crippen LogP contribution is -2.59. The number of fused-ring (bicyclic) bond motifs is 2. The lowest BCUT2D eigenvalue weighted by molar-refractivity contribution is -0.583. The van der Waals surface area contributed by atoms with Crippen LogP contribution in [0.15, 0.2) is 0 Å². The third-order valence-electron chi connectivity index (χ3n) is 7.11. The summed E-state index contributed by atoms with van der Waals surface area (Å²) < 4.78 is 0. The van der Waals surface area contributed by atoms with Crippen LogP contribution in [-0.4, -0.2) is 23.0 Å². The molecule has 2 saturated heterocycles. The minimum atomic E-state index is -0.907. The van der Waals surface area contributed by atoms with E-state index in [0.29, 0.717) is 12.8 Å². The second kappa shape index (κ2) is 4.93. The van der Waals surface area contributed by atoms with Gasteiger partial charge in [0, 0.05) is 12.0 Å². The number of rotatable bonds is 4. The Labute approximate surface area is 142 Å². The molecule has 4 saturated carbocycles. The van der Waals surface area contributed by atoms with Crippen molar-refractivity contribution in [1.29, 1.82) is 0 Å². The van der Waals surface area contributed by atoms with Crippen LogP contribution in [0.2, 0.25) is 0 Å². The van der Waals surface area contributed by atoms with Crippen molar-refractivity contribution in [2.45, 2.75) is 82.3 Å². The van der Waals surface area contributed by atoms with E-state index < -0.39 is 11.6 Å². The average molecular weight is 337 g/mol. The largest absolute Gasteiger partial charge is 0.351 e. The second-order valence-electron chi connectivity index (χ2n) is 9.20. The SMILES string of the molecule is CC12OOC(C)(OO1)C2CCC(=O)NC12CC3CC(CC(C3)C1)C2. The van der Waals surface area contributed by atoms with Gasteiger partial charge in [0.2, 0.25) is 17.5 Å². The number of carbonyl (C=O) groups excluding carboxylic acids is 1. The van der Waals surface area contributed by atoms with E-state index in [-0.39, 0.29) is 17.4 Å². The lowest BCUT2D eigenvalue weighted by atomic mass is 9.53. The number of nitrogens with one attached hydrogen (secondary N) is 1. The maximum Gasteiger partial charge on any atom is 0.239 e. The van der Waals surface area contributed by atoms with E-state index >= 15 is 0 Å². The van der Waals surface area contributed by atoms with E-state index in [1.54, 1.807) is 13.8 Å². The molecule has 0 aromatic rings. The molecule has 0 atom stereocenters. The predicted molar refractivity (Wildman–Crippen MR) is 82.9 cm³/mol. The van der Waals surface area contributed by atoms with Crippen LogP contribution in [0.25, 0.3) is 0 Å². The smallest absolute Gasteiger partial charge is 0.239 e. The molecule has 0 aromatic heterocycles. The summed E-state index contributed by atoms with van der Waals surface area (Å²) in [6.07, 6.45) is 8.79. The molecule has 0 aromatic carbocycles. The zero-order valence-electron chi connectivity index (χ0n) is 14.5. The van der Waals surface area contributed by atoms with Crippen LogP contribution in [-0.2, 0) is 24.3 Å². The van der Waals surface area contributed by atoms with Gasteiger partial charge in [-0.3, -0.25) is 4.79 Å². The monoisotopic (exact) mass is 337 g/mol. The fourth-order valence-electron chi connectivity index (χ4n) is 6.49. The van der Waals surface area contributed by atoms with Gasteiger partial charge in [-0.1, -0.05) is 0 Å². The van der Waals surface area contributed by atoms with E-state index in [2.05, 4.69) is 5.32 Å². The van der Waals surface area contributed by atoms with Gasteiger partial charge in [-0.2, -0.15) is 19.6 Å². The van der Waals surface area contributed by atoms with Crippen LogP contribution in [0, 0.1) is 23.7 Å². The van der Waals surface area contributed by atoms with Gasteiger partial charge in [0.05, 0.1) is 5.92 Å². The number of carbonyl (C=O) groups is 1. The number of amides is 1. The van der Waals surface area contributed by atoms with Crippen LogP contribution in [0.1, 0.15) is 65.2 Å². The molecule has 0 unspecified atom stereocenters. The van der Waals surface area contributed by atoms with Crippen molar-refractivity contribution in [2.24, 2.45) is 23.7 Å². The van der Waals surface area contributed by atoms with Crippen molar-refractivity contribution < 1.29 is 24.3 Å². The highest BCUT2D eigenvalue weighted by Gasteiger charge is 2.66. The van der Waals surface area contributed by atoms with E-state index in [9.17, 15) is 4.79 Å². The summed E-state index contributed by atoms with van der Waals surface area (Å²) in [6.45, 7) is 3.60. The highest BCUT2D eigenvalue weighted by molar-refractivity contribution is 5.77. The molecule has 1 N–H and O–H groups in total. The normalized spacial score (nSPS) is 54.4. The first-order valence-electron chi connectivity index (χ1n) is 9.43. The van der Waals surface area contributed by atoms with E-state index in [4.69, 9.17) is 19.6 Å². The predicted octanol–water partition coefficient (Wildman–Crippen LogP) is 2.82. The highest BCUT2D eigenvalue weighted by Crippen LogP contribution is 2.56. The van der Waals surface area contributed by atoms with Gasteiger partial charge < -0.3 is 5.32 Å². The Hall–Kier alpha value is -0.690. The van der Waals surface area contributed by atoms with Crippen LogP contribution in [0.4, 0.5) is 0 Å². The maximum atomic E-state index is 12.7. The molecule has 6 fully saturated rings. The van der Waals surface area contributed by atoms with Gasteiger partial charge >= 0.3 is 0 Å². The van der Waals surface area contributed by atoms with Crippen LogP contribution in [0.5, 0.6) is 0 Å². The summed E-state index contributed by atoms with van der Waals surface area (Å²) in [7, 11) is 0. The van der Waals surface area contributed by atoms with Gasteiger partial charge in [-0.05, 0) is 76.5 Å². The molecule has 24 heavy (non-hydrogen) atoms. The van der Waals surface area contributed by atoms with Crippen molar-refractivity contribution in [3.8, 4) is 0 Å². The van der Waals surface area contributed by atoms with E-state index in [1.165, 1.54) is 38.5 Å². The minimum Gasteiger partial charge on any atom is -0.351 e. The Morgan fingerprint density at radius 3 is 1.83 bits per heavy atom. The number of hydrogen-bond donors (Lipinski definition) is 1. The van der Waals surface area contributed by atoms with Gasteiger partial charge in [0.25, 0.3) is 0 Å². The van der Waals surface area contributed by atoms with Crippen molar-refractivity contribution in [3.63, 3.8) is 0 Å². The fourth-order valence-corrected chi connectivity index (χ4v) is 6.49. The fraction of sp³-hybridized carbons (Fsp3) is 0.944. The summed E-state index contributed by atoms with van der Waals surface area (Å²) in [6, 6.07) is 0. The Morgan fingerprint density at radius 2 is 1.38 bits per heavy atom. The van der Waals surface area contributed by atoms with Crippen LogP contribution >= 0.6 is 0 Å². The standard InChI is InChI=1S/C18H27NO5/c1-16-14(17(2,23-21-16)24-22-16)3-4-15(20)19-18-8-11-5-12(9-18)7-13(6-11)10-18/h11-14H,3-10H2,1-2H3,(H,19,20). The molecule has 6 bridgehead atoms. The zero-order chi connectivity index (χ0) is 16.6. The molecule has 0 radical (unpaired) electrons. The summed E-state index contributed by atoms with van der Waals surface area (Å²) in [4.78, 5) is 33.6. The first-order valence-corrected chi connectivity index (χ1v) is 9.43. The lowest BCUT2D eigenvalue weighted by Gasteiger charge is -2.57. The molecule has 2 heterocycles. The molecule has 1 amide bonds. The second-order valence-corrected chi connectivity index (χ2v) is 9.20. The van der Waals surface area contributed by atoms with E-state index in [1.807, 2.05) is 0 Å². The molecule has 6 heteroatoms. The Kier molecular flexibility index (Phi) is 3.20. The third kappa shape index (κ3) is 2.26. The summed E-state index contributed by atoms with van der Waals surface area (Å²) in [5.41, 5.74) is 0.0777. The molecule has 0 spiro atoms. The van der Waals surface area contributed by atoms with Crippen LogP contribution in [0.3, 0.4) is 0 Å². The van der Waals surface area contributed by atoms with Crippen molar-refractivity contribution in [1.82, 2.24) is 5.32 Å². The van der Waals surface area contributed by atoms with Gasteiger partial charge in [0.15, 0.2) is 0 Å². The molecular formula is C18H27NO5. The highest BCUT2D eigenvalue weighted by atomic mass is 17.4. The summed E-state index contributed by atoms with van der Waals surface area (Å²) in [5.74, 6) is 0.740. The molecule has 6 aliphatic rings.